The van der Waals surface area contributed by atoms with Crippen LogP contribution in [0.4, 0.5) is 5.69 Å². The Morgan fingerprint density at radius 3 is 2.46 bits per heavy atom. The molecule has 250 valence electrons. The van der Waals surface area contributed by atoms with Crippen molar-refractivity contribution in [3.05, 3.63) is 102 Å². The number of fused-ring (bicyclic) bond motifs is 4. The molecule has 0 radical (unpaired) electrons. The van der Waals surface area contributed by atoms with E-state index in [9.17, 15) is 18.6 Å². The van der Waals surface area contributed by atoms with E-state index >= 15 is 0 Å². The van der Waals surface area contributed by atoms with Gasteiger partial charge in [-0.3, -0.25) is 4.90 Å². The van der Waals surface area contributed by atoms with Crippen LogP contribution in [0.1, 0.15) is 36.3 Å². The van der Waals surface area contributed by atoms with Crippen molar-refractivity contribution >= 4 is 26.7 Å². The Labute approximate surface area is 282 Å². The zero-order chi connectivity index (χ0) is 33.7. The minimum atomic E-state index is -3.93. The molecule has 5 aromatic rings. The number of anilines is 1. The van der Waals surface area contributed by atoms with Crippen molar-refractivity contribution in [2.45, 2.75) is 50.0 Å². The summed E-state index contributed by atoms with van der Waals surface area (Å²) in [6, 6.07) is 23.0. The highest BCUT2D eigenvalue weighted by Gasteiger charge is 2.32. The summed E-state index contributed by atoms with van der Waals surface area (Å²) in [5.41, 5.74) is 8.52. The van der Waals surface area contributed by atoms with Crippen molar-refractivity contribution in [1.82, 2.24) is 18.8 Å². The number of aryl methyl sites for hydroxylation is 2. The third-order valence-electron chi connectivity index (χ3n) is 9.83. The Morgan fingerprint density at radius 1 is 0.979 bits per heavy atom. The Bertz CT molecular complexity index is 2060. The number of benzene rings is 3. The van der Waals surface area contributed by atoms with Crippen LogP contribution in [0.5, 0.6) is 0 Å². The third-order valence-corrected chi connectivity index (χ3v) is 11.5. The first kappa shape index (κ1) is 32.5. The molecule has 0 spiro atoms. The number of aliphatic hydroxyl groups excluding tert-OH is 2. The molecule has 2 unspecified atom stereocenters. The molecule has 48 heavy (non-hydrogen) atoms. The molecule has 3 aromatic carbocycles. The smallest absolute Gasteiger partial charge is 0.269 e. The molecule has 0 aliphatic carbocycles. The molecule has 10 heteroatoms. The van der Waals surface area contributed by atoms with Crippen molar-refractivity contribution in [3.8, 4) is 22.3 Å². The van der Waals surface area contributed by atoms with Crippen LogP contribution >= 0.6 is 0 Å². The monoisotopic (exact) mass is 665 g/mol. The predicted molar refractivity (Wildman–Crippen MR) is 191 cm³/mol. The van der Waals surface area contributed by atoms with Gasteiger partial charge in [0.1, 0.15) is 6.23 Å². The van der Waals surface area contributed by atoms with E-state index in [2.05, 4.69) is 42.0 Å². The lowest BCUT2D eigenvalue weighted by atomic mass is 9.89. The number of hydrogen-bond acceptors (Lipinski definition) is 8. The van der Waals surface area contributed by atoms with E-state index in [-0.39, 0.29) is 4.90 Å². The number of likely N-dealkylation sites (N-methyl/N-ethyl adjacent to an activating group) is 2. The second-order valence-corrected chi connectivity index (χ2v) is 15.3. The largest absolute Gasteiger partial charge is 0.392 e. The summed E-state index contributed by atoms with van der Waals surface area (Å²) >= 11 is 0. The highest BCUT2D eigenvalue weighted by atomic mass is 32.2. The van der Waals surface area contributed by atoms with Crippen LogP contribution < -0.4 is 4.90 Å². The number of rotatable bonds is 8. The van der Waals surface area contributed by atoms with E-state index in [4.69, 9.17) is 4.98 Å². The van der Waals surface area contributed by atoms with Crippen LogP contribution in [0, 0.1) is 6.92 Å². The average Bonchev–Trinajstić information content (AvgIpc) is 3.47. The molecule has 0 amide bonds. The molecular formula is C38H43N5O4S. The number of piperazine rings is 1. The summed E-state index contributed by atoms with van der Waals surface area (Å²) in [7, 11) is 0.0254. The molecule has 4 heterocycles. The van der Waals surface area contributed by atoms with Gasteiger partial charge in [-0.25, -0.2) is 17.4 Å². The molecule has 2 N–H and O–H groups in total. The van der Waals surface area contributed by atoms with Gasteiger partial charge in [-0.15, -0.1) is 0 Å². The molecule has 0 saturated carbocycles. The van der Waals surface area contributed by atoms with Crippen molar-refractivity contribution in [2.75, 3.05) is 45.2 Å². The lowest BCUT2D eigenvalue weighted by Crippen LogP contribution is -2.54. The molecule has 0 bridgehead atoms. The topological polar surface area (TPSA) is 102 Å². The van der Waals surface area contributed by atoms with Crippen molar-refractivity contribution in [3.63, 3.8) is 0 Å². The van der Waals surface area contributed by atoms with Gasteiger partial charge in [0.25, 0.3) is 10.0 Å². The zero-order valence-corrected chi connectivity index (χ0v) is 28.7. The van der Waals surface area contributed by atoms with Crippen LogP contribution in [0.25, 0.3) is 33.3 Å². The summed E-state index contributed by atoms with van der Waals surface area (Å²) in [6.07, 6.45) is 4.11. The lowest BCUT2D eigenvalue weighted by molar-refractivity contribution is -0.00389. The molecule has 1 saturated heterocycles. The molecule has 2 aliphatic rings. The Balaban J connectivity index is 1.32. The predicted octanol–water partition coefficient (Wildman–Crippen LogP) is 5.29. The fourth-order valence-electron chi connectivity index (χ4n) is 7.46. The summed E-state index contributed by atoms with van der Waals surface area (Å²) in [5.74, 6) is 0. The van der Waals surface area contributed by atoms with Crippen molar-refractivity contribution in [2.24, 2.45) is 0 Å². The summed E-state index contributed by atoms with van der Waals surface area (Å²) in [5, 5.41) is 21.4. The van der Waals surface area contributed by atoms with Crippen LogP contribution in [0.2, 0.25) is 0 Å². The normalized spacial score (nSPS) is 18.1. The van der Waals surface area contributed by atoms with Crippen molar-refractivity contribution < 1.29 is 18.6 Å². The van der Waals surface area contributed by atoms with E-state index in [1.54, 1.807) is 61.6 Å². The first-order valence-electron chi connectivity index (χ1n) is 16.6. The second-order valence-electron chi connectivity index (χ2n) is 13.5. The molecule has 2 aromatic heterocycles. The van der Waals surface area contributed by atoms with E-state index < -0.39 is 22.4 Å². The first-order valence-corrected chi connectivity index (χ1v) is 18.0. The second kappa shape index (κ2) is 12.8. The van der Waals surface area contributed by atoms with E-state index in [0.29, 0.717) is 23.8 Å². The summed E-state index contributed by atoms with van der Waals surface area (Å²) in [6.45, 7) is 7.37. The van der Waals surface area contributed by atoms with Gasteiger partial charge in [0.05, 0.1) is 11.0 Å². The Morgan fingerprint density at radius 2 is 1.73 bits per heavy atom. The zero-order valence-electron chi connectivity index (χ0n) is 27.9. The molecule has 3 atom stereocenters. The molecule has 9 nitrogen and oxygen atoms in total. The third kappa shape index (κ3) is 5.92. The average molecular weight is 666 g/mol. The van der Waals surface area contributed by atoms with E-state index in [1.807, 2.05) is 24.3 Å². The van der Waals surface area contributed by atoms with Gasteiger partial charge in [0, 0.05) is 66.8 Å². The van der Waals surface area contributed by atoms with E-state index in [0.717, 1.165) is 60.1 Å². The number of aromatic nitrogens is 2. The minimum absolute atomic E-state index is 0.187. The summed E-state index contributed by atoms with van der Waals surface area (Å²) in [4.78, 5) is 11.7. The van der Waals surface area contributed by atoms with Gasteiger partial charge in [-0.05, 0) is 98.9 Å². The number of nitrogens with zero attached hydrogens (tertiary/aromatic N) is 5. The maximum absolute atomic E-state index is 14.0. The Hall–Kier alpha value is -4.06. The van der Waals surface area contributed by atoms with Gasteiger partial charge in [0.15, 0.2) is 5.65 Å². The van der Waals surface area contributed by atoms with Gasteiger partial charge < -0.3 is 20.0 Å². The Kier molecular flexibility index (Phi) is 8.63. The van der Waals surface area contributed by atoms with E-state index in [1.165, 1.54) is 20.8 Å². The standard InChI is InChI=1S/C38H43N5O4S/c1-25-18-30(19-29-14-15-32-23-40(3)16-17-42(32)36(25)29)31-20-34-35(27-10-12-28(13-11-27)38(45)41(4)22-26(2)44)24-43(37(34)39-21-31)48(46,47)33-8-6-5-7-9-33/h5-13,18-21,24,26,32,38,44-45H,14-17,22-23H2,1-4H3/t26-,32?,38?/m1/s1. The number of aliphatic hydroxyl groups is 2. The number of hydrogen-bond donors (Lipinski definition) is 2. The highest BCUT2D eigenvalue weighted by molar-refractivity contribution is 7.90. The lowest BCUT2D eigenvalue weighted by Gasteiger charge is -2.46. The highest BCUT2D eigenvalue weighted by Crippen LogP contribution is 2.40. The number of pyridine rings is 1. The fraction of sp³-hybridized carbons (Fsp3) is 0.342. The van der Waals surface area contributed by atoms with Gasteiger partial charge >= 0.3 is 0 Å². The van der Waals surface area contributed by atoms with Crippen LogP contribution in [0.3, 0.4) is 0 Å². The molecule has 2 aliphatic heterocycles. The minimum Gasteiger partial charge on any atom is -0.392 e. The maximum atomic E-state index is 14.0. The van der Waals surface area contributed by atoms with Gasteiger partial charge in [-0.1, -0.05) is 42.5 Å². The van der Waals surface area contributed by atoms with Gasteiger partial charge in [0.2, 0.25) is 0 Å². The summed E-state index contributed by atoms with van der Waals surface area (Å²) < 4.78 is 29.2. The SMILES string of the molecule is Cc1cc(-c2cnc3c(c2)c(-c2ccc(C(O)N(C)C[C@@H](C)O)cc2)cn3S(=O)(=O)c2ccccc2)cc2c1N1CCN(C)CC1CC2. The first-order chi connectivity index (χ1) is 23.0. The quantitative estimate of drug-likeness (QED) is 0.216. The van der Waals surface area contributed by atoms with Crippen LogP contribution in [0.15, 0.2) is 90.1 Å². The van der Waals surface area contributed by atoms with Crippen LogP contribution in [-0.2, 0) is 16.4 Å². The molecule has 1 fully saturated rings. The fourth-order valence-corrected chi connectivity index (χ4v) is 8.80. The molecule has 7 rings (SSSR count). The maximum Gasteiger partial charge on any atom is 0.269 e. The van der Waals surface area contributed by atoms with Crippen LogP contribution in [-0.4, -0.2) is 89.8 Å². The van der Waals surface area contributed by atoms with Gasteiger partial charge in [-0.2, -0.15) is 0 Å². The molecular weight excluding hydrogens is 623 g/mol. The van der Waals surface area contributed by atoms with Crippen molar-refractivity contribution in [1.29, 1.82) is 0 Å².